The van der Waals surface area contributed by atoms with E-state index in [1.54, 1.807) is 0 Å². The maximum absolute atomic E-state index is 4.35. The van der Waals surface area contributed by atoms with Crippen molar-refractivity contribution in [3.05, 3.63) is 18.2 Å². The van der Waals surface area contributed by atoms with Gasteiger partial charge in [0.25, 0.3) is 0 Å². The lowest BCUT2D eigenvalue weighted by Gasteiger charge is -2.23. The van der Waals surface area contributed by atoms with Crippen LogP contribution in [0.5, 0.6) is 0 Å². The number of aryl methyl sites for hydroxylation is 1. The van der Waals surface area contributed by atoms with Crippen LogP contribution in [0.2, 0.25) is 0 Å². The van der Waals surface area contributed by atoms with Crippen LogP contribution in [-0.2, 0) is 13.0 Å². The average molecular weight is 266 g/mol. The van der Waals surface area contributed by atoms with Crippen LogP contribution in [0.4, 0.5) is 0 Å². The van der Waals surface area contributed by atoms with E-state index in [1.807, 2.05) is 6.20 Å². The first-order valence-corrected chi connectivity index (χ1v) is 5.61. The van der Waals surface area contributed by atoms with E-state index in [4.69, 9.17) is 0 Å². The molecule has 3 nitrogen and oxygen atoms in total. The number of hydrogen-bond acceptors (Lipinski definition) is 2. The standard InChI is InChI=1S/C11H19N3.2ClH/c1-2-11-13-7-8-14(11)9-10-3-5-12-6-4-10;;/h7-8,10,12H,2-6,9H2,1H3;2*1H. The van der Waals surface area contributed by atoms with E-state index in [0.29, 0.717) is 0 Å². The molecule has 94 valence electrons. The van der Waals surface area contributed by atoms with Crippen LogP contribution in [0.1, 0.15) is 25.6 Å². The first kappa shape index (κ1) is 15.8. The van der Waals surface area contributed by atoms with Crippen molar-refractivity contribution in [1.29, 1.82) is 0 Å². The summed E-state index contributed by atoms with van der Waals surface area (Å²) in [6.45, 7) is 5.69. The molecule has 0 saturated carbocycles. The van der Waals surface area contributed by atoms with E-state index in [1.165, 1.54) is 31.8 Å². The summed E-state index contributed by atoms with van der Waals surface area (Å²) in [5, 5.41) is 3.40. The lowest BCUT2D eigenvalue weighted by atomic mass is 9.98. The molecule has 1 aromatic rings. The minimum Gasteiger partial charge on any atom is -0.335 e. The number of piperidine rings is 1. The lowest BCUT2D eigenvalue weighted by molar-refractivity contribution is 0.330. The van der Waals surface area contributed by atoms with E-state index in [-0.39, 0.29) is 24.8 Å². The number of hydrogen-bond donors (Lipinski definition) is 1. The second kappa shape index (κ2) is 7.93. The Morgan fingerprint density at radius 3 is 2.69 bits per heavy atom. The Labute approximate surface area is 110 Å². The molecular formula is C11H21Cl2N3. The van der Waals surface area contributed by atoms with Crippen LogP contribution in [0, 0.1) is 5.92 Å². The highest BCUT2D eigenvalue weighted by Crippen LogP contribution is 2.15. The maximum atomic E-state index is 4.35. The van der Waals surface area contributed by atoms with Crippen LogP contribution in [0.3, 0.4) is 0 Å². The summed E-state index contributed by atoms with van der Waals surface area (Å²) >= 11 is 0. The quantitative estimate of drug-likeness (QED) is 0.909. The van der Waals surface area contributed by atoms with Gasteiger partial charge >= 0.3 is 0 Å². The molecule has 0 aliphatic carbocycles. The van der Waals surface area contributed by atoms with Gasteiger partial charge in [-0.05, 0) is 31.8 Å². The molecule has 0 bridgehead atoms. The normalized spacial score (nSPS) is 16.3. The smallest absolute Gasteiger partial charge is 0.108 e. The van der Waals surface area contributed by atoms with Gasteiger partial charge in [0, 0.05) is 25.4 Å². The minimum absolute atomic E-state index is 0. The van der Waals surface area contributed by atoms with Crippen molar-refractivity contribution in [1.82, 2.24) is 14.9 Å². The monoisotopic (exact) mass is 265 g/mol. The Kier molecular flexibility index (Phi) is 7.81. The van der Waals surface area contributed by atoms with Gasteiger partial charge < -0.3 is 9.88 Å². The van der Waals surface area contributed by atoms with Gasteiger partial charge in [-0.3, -0.25) is 0 Å². The molecule has 1 aromatic heterocycles. The zero-order valence-electron chi connectivity index (χ0n) is 9.69. The van der Waals surface area contributed by atoms with Crippen molar-refractivity contribution in [3.8, 4) is 0 Å². The molecular weight excluding hydrogens is 245 g/mol. The fourth-order valence-corrected chi connectivity index (χ4v) is 2.16. The first-order chi connectivity index (χ1) is 6.90. The molecule has 0 spiro atoms. The lowest BCUT2D eigenvalue weighted by Crippen LogP contribution is -2.30. The molecule has 2 rings (SSSR count). The molecule has 0 unspecified atom stereocenters. The number of nitrogens with zero attached hydrogens (tertiary/aromatic N) is 2. The van der Waals surface area contributed by atoms with Crippen LogP contribution in [-0.4, -0.2) is 22.6 Å². The molecule has 0 radical (unpaired) electrons. The Morgan fingerprint density at radius 1 is 1.38 bits per heavy atom. The molecule has 16 heavy (non-hydrogen) atoms. The molecule has 1 saturated heterocycles. The number of nitrogens with one attached hydrogen (secondary N) is 1. The van der Waals surface area contributed by atoms with Crippen molar-refractivity contribution in [2.75, 3.05) is 13.1 Å². The SMILES string of the molecule is CCc1nccn1CC1CCNCC1.Cl.Cl. The Balaban J connectivity index is 0.00000112. The summed E-state index contributed by atoms with van der Waals surface area (Å²) in [4.78, 5) is 4.35. The molecule has 0 aromatic carbocycles. The summed E-state index contributed by atoms with van der Waals surface area (Å²) < 4.78 is 2.32. The van der Waals surface area contributed by atoms with Gasteiger partial charge in [-0.15, -0.1) is 24.8 Å². The highest BCUT2D eigenvalue weighted by Gasteiger charge is 2.14. The third-order valence-corrected chi connectivity index (χ3v) is 3.03. The third kappa shape index (κ3) is 3.96. The Hall–Kier alpha value is -0.250. The topological polar surface area (TPSA) is 29.9 Å². The Morgan fingerprint density at radius 2 is 2.06 bits per heavy atom. The van der Waals surface area contributed by atoms with Gasteiger partial charge in [0.05, 0.1) is 0 Å². The van der Waals surface area contributed by atoms with Crippen molar-refractivity contribution in [2.45, 2.75) is 32.7 Å². The van der Waals surface area contributed by atoms with Crippen LogP contribution < -0.4 is 5.32 Å². The van der Waals surface area contributed by atoms with Crippen molar-refractivity contribution < 1.29 is 0 Å². The minimum atomic E-state index is 0. The molecule has 0 atom stereocenters. The molecule has 1 N–H and O–H groups in total. The van der Waals surface area contributed by atoms with E-state index in [9.17, 15) is 0 Å². The summed E-state index contributed by atoms with van der Waals surface area (Å²) in [6, 6.07) is 0. The summed E-state index contributed by atoms with van der Waals surface area (Å²) in [5.41, 5.74) is 0. The number of rotatable bonds is 3. The fraction of sp³-hybridized carbons (Fsp3) is 0.727. The third-order valence-electron chi connectivity index (χ3n) is 3.03. The zero-order chi connectivity index (χ0) is 9.80. The van der Waals surface area contributed by atoms with Gasteiger partial charge in [-0.25, -0.2) is 4.98 Å². The van der Waals surface area contributed by atoms with Gasteiger partial charge in [-0.2, -0.15) is 0 Å². The fourth-order valence-electron chi connectivity index (χ4n) is 2.16. The van der Waals surface area contributed by atoms with E-state index in [2.05, 4.69) is 28.0 Å². The molecule has 0 amide bonds. The summed E-state index contributed by atoms with van der Waals surface area (Å²) in [5.74, 6) is 2.07. The predicted molar refractivity (Wildman–Crippen MR) is 71.7 cm³/mol. The second-order valence-electron chi connectivity index (χ2n) is 4.04. The summed E-state index contributed by atoms with van der Waals surface area (Å²) in [6.07, 6.45) is 7.68. The van der Waals surface area contributed by atoms with Crippen molar-refractivity contribution in [2.24, 2.45) is 5.92 Å². The predicted octanol–water partition coefficient (Wildman–Crippen LogP) is 2.29. The molecule has 2 heterocycles. The van der Waals surface area contributed by atoms with Gasteiger partial charge in [0.2, 0.25) is 0 Å². The van der Waals surface area contributed by atoms with Gasteiger partial charge in [0.1, 0.15) is 5.82 Å². The number of aromatic nitrogens is 2. The molecule has 1 aliphatic heterocycles. The van der Waals surface area contributed by atoms with Crippen LogP contribution in [0.15, 0.2) is 12.4 Å². The van der Waals surface area contributed by atoms with E-state index >= 15 is 0 Å². The van der Waals surface area contributed by atoms with Crippen molar-refractivity contribution in [3.63, 3.8) is 0 Å². The van der Waals surface area contributed by atoms with E-state index in [0.717, 1.165) is 18.9 Å². The first-order valence-electron chi connectivity index (χ1n) is 5.61. The molecule has 1 aliphatic rings. The maximum Gasteiger partial charge on any atom is 0.108 e. The van der Waals surface area contributed by atoms with Crippen LogP contribution in [0.25, 0.3) is 0 Å². The molecule has 1 fully saturated rings. The average Bonchev–Trinajstić information content (AvgIpc) is 2.67. The largest absolute Gasteiger partial charge is 0.335 e. The Bertz CT molecular complexity index is 283. The number of imidazole rings is 1. The van der Waals surface area contributed by atoms with Crippen molar-refractivity contribution >= 4 is 24.8 Å². The van der Waals surface area contributed by atoms with Gasteiger partial charge in [0.15, 0.2) is 0 Å². The highest BCUT2D eigenvalue weighted by molar-refractivity contribution is 5.85. The highest BCUT2D eigenvalue weighted by atomic mass is 35.5. The second-order valence-corrected chi connectivity index (χ2v) is 4.04. The summed E-state index contributed by atoms with van der Waals surface area (Å²) in [7, 11) is 0. The zero-order valence-corrected chi connectivity index (χ0v) is 11.3. The molecule has 5 heteroatoms. The van der Waals surface area contributed by atoms with Gasteiger partial charge in [-0.1, -0.05) is 6.92 Å². The number of halogens is 2. The van der Waals surface area contributed by atoms with E-state index < -0.39 is 0 Å². The van der Waals surface area contributed by atoms with Crippen LogP contribution >= 0.6 is 24.8 Å².